The Morgan fingerprint density at radius 3 is 2.62 bits per heavy atom. The molecule has 1 aromatic heterocycles. The third kappa shape index (κ3) is 5.85. The summed E-state index contributed by atoms with van der Waals surface area (Å²) in [6, 6.07) is 17.1. The predicted molar refractivity (Wildman–Crippen MR) is 115 cm³/mol. The number of amides is 2. The molecular formula is C23H27N3O3. The Morgan fingerprint density at radius 1 is 1.03 bits per heavy atom. The van der Waals surface area contributed by atoms with Gasteiger partial charge in [0.15, 0.2) is 0 Å². The van der Waals surface area contributed by atoms with Crippen molar-refractivity contribution >= 4 is 28.6 Å². The van der Waals surface area contributed by atoms with Gasteiger partial charge in [-0.25, -0.2) is 4.79 Å². The molecule has 0 aliphatic rings. The molecule has 0 aliphatic carbocycles. The molecule has 0 saturated heterocycles. The maximum absolute atomic E-state index is 12.4. The third-order valence-corrected chi connectivity index (χ3v) is 4.31. The molecule has 2 N–H and O–H groups in total. The first kappa shape index (κ1) is 20.5. The number of nitrogens with one attached hydrogen (secondary N) is 2. The number of anilines is 1. The minimum Gasteiger partial charge on any atom is -0.444 e. The van der Waals surface area contributed by atoms with E-state index >= 15 is 0 Å². The van der Waals surface area contributed by atoms with Crippen molar-refractivity contribution in [1.29, 1.82) is 0 Å². The van der Waals surface area contributed by atoms with Crippen LogP contribution in [0.15, 0.2) is 60.8 Å². The first-order valence-corrected chi connectivity index (χ1v) is 9.74. The van der Waals surface area contributed by atoms with Crippen molar-refractivity contribution in [2.75, 3.05) is 11.9 Å². The van der Waals surface area contributed by atoms with E-state index in [1.807, 2.05) is 12.1 Å². The van der Waals surface area contributed by atoms with Crippen LogP contribution in [0.4, 0.5) is 10.5 Å². The summed E-state index contributed by atoms with van der Waals surface area (Å²) in [4.78, 5) is 24.3. The minimum absolute atomic E-state index is 0.171. The van der Waals surface area contributed by atoms with E-state index in [2.05, 4.69) is 39.6 Å². The van der Waals surface area contributed by atoms with Gasteiger partial charge in [-0.15, -0.1) is 0 Å². The number of rotatable bonds is 6. The van der Waals surface area contributed by atoms with E-state index in [4.69, 9.17) is 4.74 Å². The Morgan fingerprint density at radius 2 is 1.83 bits per heavy atom. The summed E-state index contributed by atoms with van der Waals surface area (Å²) in [5.41, 5.74) is 1.62. The number of para-hydroxylation sites is 1. The smallest absolute Gasteiger partial charge is 0.412 e. The maximum atomic E-state index is 12.4. The summed E-state index contributed by atoms with van der Waals surface area (Å²) in [6.45, 7) is 6.79. The van der Waals surface area contributed by atoms with Crippen molar-refractivity contribution in [1.82, 2.24) is 9.88 Å². The second kappa shape index (κ2) is 8.82. The summed E-state index contributed by atoms with van der Waals surface area (Å²) in [5, 5.41) is 6.80. The number of carbonyl (C=O) groups is 2. The third-order valence-electron chi connectivity index (χ3n) is 4.31. The SMILES string of the molecule is CC(C)(C)OC(=O)Nc1cccc(C(=O)NCCCn2ccc3ccccc32)c1. The molecule has 0 unspecified atom stereocenters. The molecule has 3 aromatic rings. The van der Waals surface area contributed by atoms with Crippen LogP contribution >= 0.6 is 0 Å². The van der Waals surface area contributed by atoms with Crippen molar-refractivity contribution < 1.29 is 14.3 Å². The highest BCUT2D eigenvalue weighted by atomic mass is 16.6. The zero-order valence-corrected chi connectivity index (χ0v) is 17.1. The van der Waals surface area contributed by atoms with Crippen molar-refractivity contribution in [3.8, 4) is 0 Å². The molecule has 2 amide bonds. The van der Waals surface area contributed by atoms with Gasteiger partial charge in [-0.3, -0.25) is 10.1 Å². The molecule has 3 rings (SSSR count). The van der Waals surface area contributed by atoms with E-state index in [1.165, 1.54) is 10.9 Å². The molecule has 1 heterocycles. The largest absolute Gasteiger partial charge is 0.444 e. The van der Waals surface area contributed by atoms with Gasteiger partial charge in [-0.05, 0) is 62.9 Å². The number of aromatic nitrogens is 1. The fraction of sp³-hybridized carbons (Fsp3) is 0.304. The Balaban J connectivity index is 1.50. The number of hydrogen-bond donors (Lipinski definition) is 2. The van der Waals surface area contributed by atoms with E-state index in [1.54, 1.807) is 45.0 Å². The van der Waals surface area contributed by atoms with Crippen molar-refractivity contribution in [3.63, 3.8) is 0 Å². The van der Waals surface area contributed by atoms with E-state index in [0.29, 0.717) is 17.8 Å². The predicted octanol–water partition coefficient (Wildman–Crippen LogP) is 4.81. The van der Waals surface area contributed by atoms with Gasteiger partial charge in [0.2, 0.25) is 0 Å². The molecule has 6 nitrogen and oxygen atoms in total. The minimum atomic E-state index is -0.579. The van der Waals surface area contributed by atoms with Crippen LogP contribution in [0.5, 0.6) is 0 Å². The lowest BCUT2D eigenvalue weighted by Crippen LogP contribution is -2.27. The van der Waals surface area contributed by atoms with Crippen LogP contribution in [0.3, 0.4) is 0 Å². The summed E-state index contributed by atoms with van der Waals surface area (Å²) < 4.78 is 7.42. The number of hydrogen-bond acceptors (Lipinski definition) is 3. The van der Waals surface area contributed by atoms with Crippen LogP contribution in [-0.4, -0.2) is 28.7 Å². The van der Waals surface area contributed by atoms with E-state index in [9.17, 15) is 9.59 Å². The number of nitrogens with zero attached hydrogens (tertiary/aromatic N) is 1. The van der Waals surface area contributed by atoms with Crippen LogP contribution in [-0.2, 0) is 11.3 Å². The van der Waals surface area contributed by atoms with Gasteiger partial charge in [0.1, 0.15) is 5.60 Å². The van der Waals surface area contributed by atoms with Crippen LogP contribution in [0.2, 0.25) is 0 Å². The maximum Gasteiger partial charge on any atom is 0.412 e. The van der Waals surface area contributed by atoms with Crippen LogP contribution in [0.25, 0.3) is 10.9 Å². The van der Waals surface area contributed by atoms with Gasteiger partial charge in [-0.2, -0.15) is 0 Å². The summed E-state index contributed by atoms with van der Waals surface area (Å²) >= 11 is 0. The summed E-state index contributed by atoms with van der Waals surface area (Å²) in [7, 11) is 0. The lowest BCUT2D eigenvalue weighted by molar-refractivity contribution is 0.0635. The first-order valence-electron chi connectivity index (χ1n) is 9.74. The summed E-state index contributed by atoms with van der Waals surface area (Å²) in [6.07, 6.45) is 2.34. The number of benzene rings is 2. The topological polar surface area (TPSA) is 72.4 Å². The Kier molecular flexibility index (Phi) is 6.22. The molecule has 29 heavy (non-hydrogen) atoms. The molecule has 6 heteroatoms. The van der Waals surface area contributed by atoms with E-state index < -0.39 is 11.7 Å². The van der Waals surface area contributed by atoms with Gasteiger partial charge in [-0.1, -0.05) is 24.3 Å². The fourth-order valence-corrected chi connectivity index (χ4v) is 3.05. The number of fused-ring (bicyclic) bond motifs is 1. The monoisotopic (exact) mass is 393 g/mol. The Labute approximate surface area is 170 Å². The molecule has 0 radical (unpaired) electrons. The highest BCUT2D eigenvalue weighted by Gasteiger charge is 2.16. The zero-order valence-electron chi connectivity index (χ0n) is 17.1. The average molecular weight is 393 g/mol. The molecule has 2 aromatic carbocycles. The number of aryl methyl sites for hydroxylation is 1. The van der Waals surface area contributed by atoms with E-state index in [0.717, 1.165) is 13.0 Å². The average Bonchev–Trinajstić information content (AvgIpc) is 3.07. The van der Waals surface area contributed by atoms with Crippen LogP contribution < -0.4 is 10.6 Å². The molecule has 0 bridgehead atoms. The quantitative estimate of drug-likeness (QED) is 0.591. The fourth-order valence-electron chi connectivity index (χ4n) is 3.05. The molecule has 0 saturated carbocycles. The van der Waals surface area contributed by atoms with Gasteiger partial charge in [0.05, 0.1) is 0 Å². The van der Waals surface area contributed by atoms with Gasteiger partial charge in [0.25, 0.3) is 5.91 Å². The first-order chi connectivity index (χ1) is 13.8. The van der Waals surface area contributed by atoms with Crippen molar-refractivity contribution in [2.24, 2.45) is 0 Å². The normalized spacial score (nSPS) is 11.3. The van der Waals surface area contributed by atoms with Gasteiger partial charge < -0.3 is 14.6 Å². The summed E-state index contributed by atoms with van der Waals surface area (Å²) in [5.74, 6) is -0.171. The van der Waals surface area contributed by atoms with E-state index in [-0.39, 0.29) is 5.91 Å². The number of ether oxygens (including phenoxy) is 1. The molecule has 0 spiro atoms. The number of carbonyl (C=O) groups excluding carboxylic acids is 2. The Bertz CT molecular complexity index is 1000. The second-order valence-corrected chi connectivity index (χ2v) is 7.89. The van der Waals surface area contributed by atoms with Crippen molar-refractivity contribution in [2.45, 2.75) is 39.3 Å². The highest BCUT2D eigenvalue weighted by molar-refractivity contribution is 5.96. The van der Waals surface area contributed by atoms with Gasteiger partial charge in [0, 0.05) is 36.1 Å². The molecular weight excluding hydrogens is 366 g/mol. The van der Waals surface area contributed by atoms with Gasteiger partial charge >= 0.3 is 6.09 Å². The Hall–Kier alpha value is -3.28. The molecule has 0 fully saturated rings. The molecule has 0 atom stereocenters. The lowest BCUT2D eigenvalue weighted by Gasteiger charge is -2.19. The lowest BCUT2D eigenvalue weighted by atomic mass is 10.2. The van der Waals surface area contributed by atoms with Crippen molar-refractivity contribution in [3.05, 3.63) is 66.4 Å². The van der Waals surface area contributed by atoms with Crippen LogP contribution in [0, 0.1) is 0 Å². The molecule has 0 aliphatic heterocycles. The second-order valence-electron chi connectivity index (χ2n) is 7.89. The molecule has 152 valence electrons. The highest BCUT2D eigenvalue weighted by Crippen LogP contribution is 2.16. The van der Waals surface area contributed by atoms with Crippen LogP contribution in [0.1, 0.15) is 37.6 Å². The standard InChI is InChI=1S/C23H27N3O3/c1-23(2,3)29-22(28)25-19-10-6-9-18(16-19)21(27)24-13-7-14-26-15-12-17-8-4-5-11-20(17)26/h4-6,8-12,15-16H,7,13-14H2,1-3H3,(H,24,27)(H,25,28). The zero-order chi connectivity index (χ0) is 20.9.